The number of carbonyl (C=O) groups excluding carboxylic acids is 2. The number of rotatable bonds is 12. The van der Waals surface area contributed by atoms with Crippen LogP contribution in [0.5, 0.6) is 5.75 Å². The third-order valence-electron chi connectivity index (χ3n) is 7.40. The molecule has 0 aliphatic carbocycles. The molecule has 4 aromatic rings. The molecular formula is C34H28N3O8PS. The van der Waals surface area contributed by atoms with Crippen LogP contribution in [0.4, 0.5) is 5.69 Å². The lowest BCUT2D eigenvalue weighted by Gasteiger charge is -2.41. The third kappa shape index (κ3) is 6.70. The molecule has 1 amide bonds. The van der Waals surface area contributed by atoms with Crippen LogP contribution in [0.1, 0.15) is 12.5 Å². The summed E-state index contributed by atoms with van der Waals surface area (Å²) in [7, 11) is -3.82. The molecule has 0 aromatic heterocycles. The molecule has 6 rings (SSSR count). The van der Waals surface area contributed by atoms with Gasteiger partial charge in [0.15, 0.2) is 11.7 Å². The van der Waals surface area contributed by atoms with E-state index in [0.717, 1.165) is 0 Å². The standard InChI is InChI=1S/C34H28N3O8PS/c1-23(45-46(42,27-13-7-3-8-14-27)28-15-9-4-10-16-28)31(34(39)44-21-24-17-19-25(20-18-24)37(40)41)36-32(38)30-33(36)47-29(35-30)22-43-26-11-5-2-6-12-26/h2-20,30,33H,21-22H2,1H3. The van der Waals surface area contributed by atoms with Crippen LogP contribution >= 0.6 is 19.1 Å². The van der Waals surface area contributed by atoms with E-state index in [1.165, 1.54) is 47.9 Å². The predicted octanol–water partition coefficient (Wildman–Crippen LogP) is 5.58. The summed E-state index contributed by atoms with van der Waals surface area (Å²) in [4.78, 5) is 43.7. The number of nitro groups is 1. The molecule has 1 fully saturated rings. The van der Waals surface area contributed by atoms with Crippen molar-refractivity contribution in [2.24, 2.45) is 4.99 Å². The van der Waals surface area contributed by atoms with Crippen LogP contribution in [-0.2, 0) is 30.0 Å². The summed E-state index contributed by atoms with van der Waals surface area (Å²) in [6, 6.07) is 31.3. The maximum atomic E-state index is 14.7. The van der Waals surface area contributed by atoms with Gasteiger partial charge in [-0.3, -0.25) is 29.4 Å². The fourth-order valence-electron chi connectivity index (χ4n) is 5.06. The Morgan fingerprint density at radius 2 is 1.47 bits per heavy atom. The Morgan fingerprint density at radius 3 is 2.04 bits per heavy atom. The maximum absolute atomic E-state index is 14.7. The van der Waals surface area contributed by atoms with Gasteiger partial charge in [-0.05, 0) is 61.0 Å². The molecule has 2 atom stereocenters. The minimum Gasteiger partial charge on any atom is -0.487 e. The van der Waals surface area contributed by atoms with Crippen molar-refractivity contribution in [3.63, 3.8) is 0 Å². The smallest absolute Gasteiger partial charge is 0.358 e. The molecule has 1 saturated heterocycles. The Balaban J connectivity index is 1.30. The molecule has 2 heterocycles. The molecule has 0 saturated carbocycles. The second-order valence-corrected chi connectivity index (χ2v) is 14.0. The lowest BCUT2D eigenvalue weighted by Crippen LogP contribution is -2.61. The van der Waals surface area contributed by atoms with Crippen molar-refractivity contribution in [1.82, 2.24) is 4.90 Å². The molecule has 0 radical (unpaired) electrons. The highest BCUT2D eigenvalue weighted by Gasteiger charge is 2.56. The second-order valence-electron chi connectivity index (χ2n) is 10.5. The Hall–Kier alpha value is -5.19. The van der Waals surface area contributed by atoms with Gasteiger partial charge in [-0.2, -0.15) is 0 Å². The van der Waals surface area contributed by atoms with E-state index in [4.69, 9.17) is 14.0 Å². The number of nitro benzene ring substituents is 1. The summed E-state index contributed by atoms with van der Waals surface area (Å²) in [6.07, 6.45) is 0. The molecule has 2 aliphatic rings. The Bertz CT molecular complexity index is 1860. The minimum atomic E-state index is -3.82. The van der Waals surface area contributed by atoms with Gasteiger partial charge in [0.2, 0.25) is 0 Å². The third-order valence-corrected chi connectivity index (χ3v) is 11.1. The highest BCUT2D eigenvalue weighted by Crippen LogP contribution is 2.49. The fourth-order valence-corrected chi connectivity index (χ4v) is 8.37. The number of amides is 1. The van der Waals surface area contributed by atoms with Crippen LogP contribution in [0, 0.1) is 10.1 Å². The average molecular weight is 670 g/mol. The van der Waals surface area contributed by atoms with Gasteiger partial charge in [0, 0.05) is 12.1 Å². The number of likely N-dealkylation sites (tertiary alicyclic amines) is 1. The zero-order valence-corrected chi connectivity index (χ0v) is 26.7. The van der Waals surface area contributed by atoms with Crippen molar-refractivity contribution >= 4 is 52.3 Å². The van der Waals surface area contributed by atoms with Gasteiger partial charge in [-0.15, -0.1) is 0 Å². The van der Waals surface area contributed by atoms with Gasteiger partial charge in [-0.25, -0.2) is 4.79 Å². The molecule has 0 spiro atoms. The number of non-ortho nitro benzene ring substituents is 1. The number of aliphatic imine (C=N–C) groups is 1. The monoisotopic (exact) mass is 669 g/mol. The van der Waals surface area contributed by atoms with E-state index in [0.29, 0.717) is 27.0 Å². The summed E-state index contributed by atoms with van der Waals surface area (Å²) in [5.74, 6) is -0.766. The van der Waals surface area contributed by atoms with Crippen molar-refractivity contribution in [3.05, 3.63) is 142 Å². The van der Waals surface area contributed by atoms with E-state index < -0.39 is 35.6 Å². The van der Waals surface area contributed by atoms with E-state index in [9.17, 15) is 24.3 Å². The number of carbonyl (C=O) groups is 2. The van der Waals surface area contributed by atoms with Crippen molar-refractivity contribution in [3.8, 4) is 5.75 Å². The number of ether oxygens (including phenoxy) is 2. The molecule has 0 N–H and O–H groups in total. The van der Waals surface area contributed by atoms with Gasteiger partial charge in [0.25, 0.3) is 11.6 Å². The number of fused-ring (bicyclic) bond motifs is 1. The quantitative estimate of drug-likeness (QED) is 0.0360. The molecule has 0 bridgehead atoms. The number of benzene rings is 4. The summed E-state index contributed by atoms with van der Waals surface area (Å²) in [5.41, 5.74) is 0.177. The fraction of sp³-hybridized carbons (Fsp3) is 0.147. The zero-order valence-electron chi connectivity index (χ0n) is 25.0. The van der Waals surface area contributed by atoms with Crippen LogP contribution in [0.15, 0.2) is 132 Å². The van der Waals surface area contributed by atoms with Gasteiger partial charge in [0.1, 0.15) is 35.1 Å². The molecular weight excluding hydrogens is 641 g/mol. The molecule has 2 aliphatic heterocycles. The van der Waals surface area contributed by atoms with Gasteiger partial charge in [-0.1, -0.05) is 66.4 Å². The number of allylic oxidation sites excluding steroid dienone is 1. The van der Waals surface area contributed by atoms with Gasteiger partial charge >= 0.3 is 13.3 Å². The van der Waals surface area contributed by atoms with E-state index in [2.05, 4.69) is 4.99 Å². The minimum absolute atomic E-state index is 0.0730. The molecule has 238 valence electrons. The second kappa shape index (κ2) is 13.7. The highest BCUT2D eigenvalue weighted by molar-refractivity contribution is 8.15. The van der Waals surface area contributed by atoms with Crippen molar-refractivity contribution in [1.29, 1.82) is 0 Å². The highest BCUT2D eigenvalue weighted by atomic mass is 32.2. The predicted molar refractivity (Wildman–Crippen MR) is 178 cm³/mol. The number of para-hydroxylation sites is 1. The lowest BCUT2D eigenvalue weighted by molar-refractivity contribution is -0.384. The van der Waals surface area contributed by atoms with Crippen LogP contribution in [0.3, 0.4) is 0 Å². The van der Waals surface area contributed by atoms with Crippen LogP contribution in [0.2, 0.25) is 0 Å². The van der Waals surface area contributed by atoms with Crippen molar-refractivity contribution in [2.75, 3.05) is 6.61 Å². The largest absolute Gasteiger partial charge is 0.487 e. The maximum Gasteiger partial charge on any atom is 0.358 e. The zero-order chi connectivity index (χ0) is 33.0. The number of hydrogen-bond donors (Lipinski definition) is 0. The topological polar surface area (TPSA) is 138 Å². The van der Waals surface area contributed by atoms with Crippen LogP contribution in [-0.4, -0.2) is 44.8 Å². The van der Waals surface area contributed by atoms with E-state index >= 15 is 0 Å². The van der Waals surface area contributed by atoms with Crippen molar-refractivity contribution < 1.29 is 33.1 Å². The molecule has 11 nitrogen and oxygen atoms in total. The molecule has 4 aromatic carbocycles. The van der Waals surface area contributed by atoms with Crippen LogP contribution < -0.4 is 15.3 Å². The number of hydrogen-bond acceptors (Lipinski definition) is 10. The first kappa shape index (κ1) is 31.8. The van der Waals surface area contributed by atoms with Crippen LogP contribution in [0.25, 0.3) is 0 Å². The summed E-state index contributed by atoms with van der Waals surface area (Å²) in [5, 5.41) is 11.9. The summed E-state index contributed by atoms with van der Waals surface area (Å²) >= 11 is 1.28. The molecule has 13 heteroatoms. The first-order chi connectivity index (χ1) is 22.7. The van der Waals surface area contributed by atoms with E-state index in [-0.39, 0.29) is 30.4 Å². The number of nitrogens with zero attached hydrogens (tertiary/aromatic N) is 3. The number of thioether (sulfide) groups is 1. The Morgan fingerprint density at radius 1 is 0.894 bits per heavy atom. The normalized spacial score (nSPS) is 17.5. The first-order valence-corrected chi connectivity index (χ1v) is 17.0. The molecule has 47 heavy (non-hydrogen) atoms. The lowest BCUT2D eigenvalue weighted by atomic mass is 10.1. The average Bonchev–Trinajstić information content (AvgIpc) is 3.49. The molecule has 2 unspecified atom stereocenters. The number of β-lactam (4-membered cyclic amide) rings is 1. The number of esters is 1. The van der Waals surface area contributed by atoms with Gasteiger partial charge < -0.3 is 14.0 Å². The van der Waals surface area contributed by atoms with E-state index in [1.54, 1.807) is 60.7 Å². The summed E-state index contributed by atoms with van der Waals surface area (Å²) in [6.45, 7) is 1.37. The SMILES string of the molecule is CC(OP(=O)(c1ccccc1)c1ccccc1)=C(C(=O)OCc1ccc([N+](=O)[O-])cc1)N1C(=O)C2N=C(COc3ccccc3)SC21. The Kier molecular flexibility index (Phi) is 9.24. The summed E-state index contributed by atoms with van der Waals surface area (Å²) < 4.78 is 32.4. The van der Waals surface area contributed by atoms with E-state index in [1.807, 2.05) is 30.3 Å². The Labute approximate surface area is 274 Å². The van der Waals surface area contributed by atoms with Gasteiger partial charge in [0.05, 0.1) is 15.5 Å². The van der Waals surface area contributed by atoms with Crippen molar-refractivity contribution in [2.45, 2.75) is 24.9 Å². The first-order valence-electron chi connectivity index (χ1n) is 14.5.